The van der Waals surface area contributed by atoms with Crippen molar-refractivity contribution in [1.82, 2.24) is 4.72 Å². The summed E-state index contributed by atoms with van der Waals surface area (Å²) >= 11 is 0. The smallest absolute Gasteiger partial charge is 0.422 e. The molecule has 4 aromatic carbocycles. The number of hydrogen-bond donors (Lipinski definition) is 2. The Hall–Kier alpha value is -5.36. The summed E-state index contributed by atoms with van der Waals surface area (Å²) in [6.07, 6.45) is -1.07. The van der Waals surface area contributed by atoms with Crippen LogP contribution in [0.2, 0.25) is 0 Å². The van der Waals surface area contributed by atoms with Crippen LogP contribution < -0.4 is 14.3 Å². The number of amides is 1. The largest absolute Gasteiger partial charge is 0.465 e. The summed E-state index contributed by atoms with van der Waals surface area (Å²) in [5.41, 5.74) is 3.23. The van der Waals surface area contributed by atoms with Crippen LogP contribution in [-0.4, -0.2) is 46.3 Å². The molecular formula is C35H39N3O8S. The van der Waals surface area contributed by atoms with E-state index in [1.54, 1.807) is 75.4 Å². The molecule has 0 bridgehead atoms. The Kier molecular flexibility index (Phi) is 12.9. The Labute approximate surface area is 275 Å². The molecule has 248 valence electrons. The van der Waals surface area contributed by atoms with Crippen LogP contribution in [-0.2, 0) is 37.5 Å². The van der Waals surface area contributed by atoms with E-state index in [0.29, 0.717) is 22.4 Å². The molecule has 0 aliphatic carbocycles. The molecule has 0 atom stereocenters. The number of esters is 2. The second kappa shape index (κ2) is 16.8. The van der Waals surface area contributed by atoms with Gasteiger partial charge in [-0.3, -0.25) is 0 Å². The van der Waals surface area contributed by atoms with Crippen molar-refractivity contribution < 1.29 is 37.0 Å². The zero-order chi connectivity index (χ0) is 34.5. The number of rotatable bonds is 10. The van der Waals surface area contributed by atoms with E-state index in [-0.39, 0.29) is 12.5 Å². The maximum atomic E-state index is 12.9. The third-order valence-corrected chi connectivity index (χ3v) is 7.64. The monoisotopic (exact) mass is 661 g/mol. The SMILES string of the molecule is COC(=O)c1ccc(CN(c2ccccc2)S(=O)(=O)NC(=O)OC(C)(C)C)cc1.COC(=O)c1ccc(CNc2ccccc2)cc1. The number of ether oxygens (including phenoxy) is 3. The number of nitrogens with zero attached hydrogens (tertiary/aromatic N) is 1. The van der Waals surface area contributed by atoms with Gasteiger partial charge in [0.05, 0.1) is 37.6 Å². The molecule has 0 saturated heterocycles. The minimum atomic E-state index is -4.26. The third-order valence-electron chi connectivity index (χ3n) is 6.29. The molecule has 12 heteroatoms. The van der Waals surface area contributed by atoms with Gasteiger partial charge in [0.15, 0.2) is 0 Å². The van der Waals surface area contributed by atoms with Gasteiger partial charge in [-0.05, 0) is 80.4 Å². The Morgan fingerprint density at radius 2 is 1.15 bits per heavy atom. The van der Waals surface area contributed by atoms with Gasteiger partial charge in [-0.1, -0.05) is 60.7 Å². The molecule has 11 nitrogen and oxygen atoms in total. The normalized spacial score (nSPS) is 10.8. The van der Waals surface area contributed by atoms with Crippen molar-refractivity contribution in [1.29, 1.82) is 0 Å². The Balaban J connectivity index is 0.000000284. The quantitative estimate of drug-likeness (QED) is 0.147. The zero-order valence-corrected chi connectivity index (χ0v) is 27.7. The van der Waals surface area contributed by atoms with Crippen LogP contribution >= 0.6 is 0 Å². The zero-order valence-electron chi connectivity index (χ0n) is 26.9. The van der Waals surface area contributed by atoms with Gasteiger partial charge in [0.25, 0.3) is 0 Å². The number of benzene rings is 4. The molecule has 47 heavy (non-hydrogen) atoms. The molecular weight excluding hydrogens is 622 g/mol. The van der Waals surface area contributed by atoms with E-state index in [9.17, 15) is 22.8 Å². The van der Waals surface area contributed by atoms with Crippen molar-refractivity contribution in [3.05, 3.63) is 131 Å². The number of nitrogens with one attached hydrogen (secondary N) is 2. The maximum absolute atomic E-state index is 12.9. The number of anilines is 2. The number of carbonyl (C=O) groups excluding carboxylic acids is 3. The van der Waals surface area contributed by atoms with E-state index >= 15 is 0 Å². The van der Waals surface area contributed by atoms with Gasteiger partial charge in [0.2, 0.25) is 0 Å². The summed E-state index contributed by atoms with van der Waals surface area (Å²) in [5, 5.41) is 3.31. The maximum Gasteiger partial charge on any atom is 0.422 e. The third kappa shape index (κ3) is 11.8. The average Bonchev–Trinajstić information content (AvgIpc) is 3.06. The lowest BCUT2D eigenvalue weighted by atomic mass is 10.1. The lowest BCUT2D eigenvalue weighted by Crippen LogP contribution is -2.45. The predicted octanol–water partition coefficient (Wildman–Crippen LogP) is 6.33. The number of hydrogen-bond acceptors (Lipinski definition) is 9. The lowest BCUT2D eigenvalue weighted by Gasteiger charge is -2.26. The van der Waals surface area contributed by atoms with E-state index in [1.807, 2.05) is 47.2 Å². The van der Waals surface area contributed by atoms with E-state index in [4.69, 9.17) is 4.74 Å². The average molecular weight is 662 g/mol. The standard InChI is InChI=1S/C20H24N2O6S.C15H15NO2/c1-20(2,3)28-19(24)21-29(25,26)22(17-8-6-5-7-9-17)14-15-10-12-16(13-11-15)18(23)27-4;1-18-15(17)13-9-7-12(8-10-13)11-16-14-5-3-2-4-6-14/h5-13H,14H2,1-4H3,(H,21,24);2-10,16H,11H2,1H3. The molecule has 4 rings (SSSR count). The van der Waals surface area contributed by atoms with Gasteiger partial charge in [-0.15, -0.1) is 0 Å². The van der Waals surface area contributed by atoms with Crippen molar-refractivity contribution in [2.75, 3.05) is 23.8 Å². The van der Waals surface area contributed by atoms with Gasteiger partial charge in [-0.2, -0.15) is 8.42 Å². The van der Waals surface area contributed by atoms with Crippen LogP contribution in [0.25, 0.3) is 0 Å². The summed E-state index contributed by atoms with van der Waals surface area (Å²) in [7, 11) is -1.60. The fourth-order valence-electron chi connectivity index (χ4n) is 4.04. The molecule has 4 aromatic rings. The van der Waals surface area contributed by atoms with E-state index in [2.05, 4.69) is 14.8 Å². The summed E-state index contributed by atoms with van der Waals surface area (Å²) in [6, 6.07) is 32.0. The van der Waals surface area contributed by atoms with Crippen LogP contribution in [0.4, 0.5) is 16.2 Å². The van der Waals surface area contributed by atoms with Crippen molar-refractivity contribution in [2.24, 2.45) is 0 Å². The van der Waals surface area contributed by atoms with Crippen LogP contribution in [0.3, 0.4) is 0 Å². The summed E-state index contributed by atoms with van der Waals surface area (Å²) < 4.78 is 43.1. The topological polar surface area (TPSA) is 140 Å². The molecule has 0 unspecified atom stereocenters. The molecule has 0 aliphatic heterocycles. The van der Waals surface area contributed by atoms with E-state index < -0.39 is 27.9 Å². The molecule has 2 N–H and O–H groups in total. The van der Waals surface area contributed by atoms with Gasteiger partial charge in [0, 0.05) is 12.2 Å². The minimum Gasteiger partial charge on any atom is -0.465 e. The molecule has 0 fully saturated rings. The fourth-order valence-corrected chi connectivity index (χ4v) is 5.12. The molecule has 0 aromatic heterocycles. The first kappa shape index (κ1) is 36.1. The predicted molar refractivity (Wildman–Crippen MR) is 180 cm³/mol. The first-order valence-electron chi connectivity index (χ1n) is 14.5. The molecule has 0 radical (unpaired) electrons. The van der Waals surface area contributed by atoms with Crippen LogP contribution in [0.15, 0.2) is 109 Å². The Bertz CT molecular complexity index is 1710. The van der Waals surface area contributed by atoms with Gasteiger partial charge in [0.1, 0.15) is 5.60 Å². The molecule has 0 spiro atoms. The highest BCUT2D eigenvalue weighted by molar-refractivity contribution is 7.91. The first-order chi connectivity index (χ1) is 22.3. The highest BCUT2D eigenvalue weighted by Crippen LogP contribution is 2.21. The molecule has 0 heterocycles. The fraction of sp³-hybridized carbons (Fsp3) is 0.229. The van der Waals surface area contributed by atoms with E-state index in [1.165, 1.54) is 26.4 Å². The molecule has 1 amide bonds. The highest BCUT2D eigenvalue weighted by atomic mass is 32.2. The highest BCUT2D eigenvalue weighted by Gasteiger charge is 2.28. The van der Waals surface area contributed by atoms with Crippen molar-refractivity contribution in [3.63, 3.8) is 0 Å². The Morgan fingerprint density at radius 3 is 1.62 bits per heavy atom. The van der Waals surface area contributed by atoms with Gasteiger partial charge in [-0.25, -0.2) is 23.4 Å². The van der Waals surface area contributed by atoms with Crippen LogP contribution in [0.1, 0.15) is 52.6 Å². The summed E-state index contributed by atoms with van der Waals surface area (Å²) in [5.74, 6) is -0.798. The number of methoxy groups -OCH3 is 2. The second-order valence-corrected chi connectivity index (χ2v) is 12.6. The van der Waals surface area contributed by atoms with Crippen LogP contribution in [0.5, 0.6) is 0 Å². The van der Waals surface area contributed by atoms with Crippen LogP contribution in [0, 0.1) is 0 Å². The van der Waals surface area contributed by atoms with Gasteiger partial charge < -0.3 is 19.5 Å². The minimum absolute atomic E-state index is 0.0659. The summed E-state index contributed by atoms with van der Waals surface area (Å²) in [4.78, 5) is 34.9. The summed E-state index contributed by atoms with van der Waals surface area (Å²) in [6.45, 7) is 5.57. The number of para-hydroxylation sites is 2. The second-order valence-electron chi connectivity index (χ2n) is 11.0. The molecule has 0 aliphatic rings. The van der Waals surface area contributed by atoms with Crippen molar-refractivity contribution in [2.45, 2.75) is 39.5 Å². The van der Waals surface area contributed by atoms with E-state index in [0.717, 1.165) is 22.1 Å². The van der Waals surface area contributed by atoms with Gasteiger partial charge >= 0.3 is 28.2 Å². The van der Waals surface area contributed by atoms with Crippen molar-refractivity contribution >= 4 is 39.6 Å². The molecule has 0 saturated carbocycles. The Morgan fingerprint density at radius 1 is 0.681 bits per heavy atom. The first-order valence-corrected chi connectivity index (χ1v) is 16.0. The van der Waals surface area contributed by atoms with Crippen molar-refractivity contribution in [3.8, 4) is 0 Å². The lowest BCUT2D eigenvalue weighted by molar-refractivity contribution is 0.0565. The number of carbonyl (C=O) groups is 3.